The lowest BCUT2D eigenvalue weighted by molar-refractivity contribution is -0.00644. The van der Waals surface area contributed by atoms with Crippen LogP contribution >= 0.6 is 15.9 Å². The molecule has 1 fully saturated rings. The fraction of sp³-hybridized carbons (Fsp3) is 0.500. The van der Waals surface area contributed by atoms with E-state index in [2.05, 4.69) is 21.2 Å². The van der Waals surface area contributed by atoms with Crippen LogP contribution < -0.4 is 5.32 Å². The summed E-state index contributed by atoms with van der Waals surface area (Å²) in [6.45, 7) is 2.40. The molecule has 0 amide bonds. The second-order valence-corrected chi connectivity index (χ2v) is 3.66. The molecule has 2 heterocycles. The molecule has 1 aliphatic heterocycles. The van der Waals surface area contributed by atoms with Gasteiger partial charge in [-0.2, -0.15) is 0 Å². The second kappa shape index (κ2) is 3.60. The molecule has 1 saturated heterocycles. The van der Waals surface area contributed by atoms with Gasteiger partial charge in [0.2, 0.25) is 0 Å². The summed E-state index contributed by atoms with van der Waals surface area (Å²) in [5.41, 5.74) is 0. The molecule has 0 bridgehead atoms. The van der Waals surface area contributed by atoms with Gasteiger partial charge in [0.15, 0.2) is 0 Å². The first-order chi connectivity index (χ1) is 5.86. The zero-order valence-electron chi connectivity index (χ0n) is 6.55. The number of hydrogen-bond acceptors (Lipinski definition) is 3. The highest BCUT2D eigenvalue weighted by molar-refractivity contribution is 9.10. The third-order valence-electron chi connectivity index (χ3n) is 1.88. The Bertz CT molecular complexity index is 257. The number of hydrogen-bond donors (Lipinski definition) is 1. The van der Waals surface area contributed by atoms with Crippen LogP contribution in [0.3, 0.4) is 0 Å². The van der Waals surface area contributed by atoms with E-state index in [1.807, 2.05) is 6.07 Å². The summed E-state index contributed by atoms with van der Waals surface area (Å²) < 4.78 is 11.3. The molecule has 1 aromatic heterocycles. The van der Waals surface area contributed by atoms with Crippen LogP contribution in [0.25, 0.3) is 0 Å². The number of ether oxygens (including phenoxy) is 1. The van der Waals surface area contributed by atoms with Crippen LogP contribution in [0.5, 0.6) is 0 Å². The van der Waals surface area contributed by atoms with E-state index in [0.29, 0.717) is 6.04 Å². The largest absolute Gasteiger partial charge is 0.467 e. The monoisotopic (exact) mass is 231 g/mol. The summed E-state index contributed by atoms with van der Waals surface area (Å²) >= 11 is 3.39. The van der Waals surface area contributed by atoms with Gasteiger partial charge in [0.05, 0.1) is 36.5 Å². The SMILES string of the molecule is Brc1ccoc1CNC1COC1. The standard InChI is InChI=1S/C8H10BrNO2/c9-7-1-2-12-8(7)3-10-6-4-11-5-6/h1-2,6,10H,3-5H2. The van der Waals surface area contributed by atoms with Crippen LogP contribution in [0.15, 0.2) is 21.2 Å². The molecule has 4 heteroatoms. The van der Waals surface area contributed by atoms with Gasteiger partial charge in [-0.05, 0) is 22.0 Å². The lowest BCUT2D eigenvalue weighted by Gasteiger charge is -2.26. The Labute approximate surface area is 79.2 Å². The Balaban J connectivity index is 1.82. The first-order valence-corrected chi connectivity index (χ1v) is 4.68. The highest BCUT2D eigenvalue weighted by atomic mass is 79.9. The van der Waals surface area contributed by atoms with Crippen molar-refractivity contribution >= 4 is 15.9 Å². The first kappa shape index (κ1) is 8.29. The molecular formula is C8H10BrNO2. The molecule has 1 N–H and O–H groups in total. The summed E-state index contributed by atoms with van der Waals surface area (Å²) in [6.07, 6.45) is 1.68. The van der Waals surface area contributed by atoms with Crippen molar-refractivity contribution in [1.82, 2.24) is 5.32 Å². The van der Waals surface area contributed by atoms with Crippen molar-refractivity contribution in [1.29, 1.82) is 0 Å². The fourth-order valence-electron chi connectivity index (χ4n) is 1.04. The number of rotatable bonds is 3. The smallest absolute Gasteiger partial charge is 0.131 e. The molecule has 0 saturated carbocycles. The molecule has 0 aromatic carbocycles. The number of nitrogens with one attached hydrogen (secondary N) is 1. The van der Waals surface area contributed by atoms with E-state index in [-0.39, 0.29) is 0 Å². The van der Waals surface area contributed by atoms with Crippen molar-refractivity contribution in [2.24, 2.45) is 0 Å². The molecule has 2 rings (SSSR count). The zero-order chi connectivity index (χ0) is 8.39. The molecule has 3 nitrogen and oxygen atoms in total. The van der Waals surface area contributed by atoms with Crippen LogP contribution in [0, 0.1) is 0 Å². The van der Waals surface area contributed by atoms with Crippen LogP contribution in [-0.4, -0.2) is 19.3 Å². The average Bonchev–Trinajstić information content (AvgIpc) is 2.33. The molecule has 0 radical (unpaired) electrons. The highest BCUT2D eigenvalue weighted by Gasteiger charge is 2.17. The van der Waals surface area contributed by atoms with Gasteiger partial charge < -0.3 is 14.5 Å². The van der Waals surface area contributed by atoms with E-state index in [9.17, 15) is 0 Å². The minimum atomic E-state index is 0.502. The third-order valence-corrected chi connectivity index (χ3v) is 2.59. The maximum Gasteiger partial charge on any atom is 0.131 e. The predicted molar refractivity (Wildman–Crippen MR) is 47.9 cm³/mol. The molecular weight excluding hydrogens is 222 g/mol. The lowest BCUT2D eigenvalue weighted by Crippen LogP contribution is -2.45. The Hall–Kier alpha value is -0.320. The van der Waals surface area contributed by atoms with E-state index in [1.54, 1.807) is 6.26 Å². The van der Waals surface area contributed by atoms with Gasteiger partial charge in [-0.15, -0.1) is 0 Å². The van der Waals surface area contributed by atoms with Crippen LogP contribution in [0.2, 0.25) is 0 Å². The summed E-state index contributed by atoms with van der Waals surface area (Å²) in [7, 11) is 0. The van der Waals surface area contributed by atoms with Crippen LogP contribution in [-0.2, 0) is 11.3 Å². The average molecular weight is 232 g/mol. The van der Waals surface area contributed by atoms with E-state index in [4.69, 9.17) is 9.15 Å². The van der Waals surface area contributed by atoms with Crippen LogP contribution in [0.1, 0.15) is 5.76 Å². The van der Waals surface area contributed by atoms with Gasteiger partial charge in [-0.1, -0.05) is 0 Å². The van der Waals surface area contributed by atoms with E-state index in [0.717, 1.165) is 30.0 Å². The van der Waals surface area contributed by atoms with Gasteiger partial charge in [0.25, 0.3) is 0 Å². The predicted octanol–water partition coefficient (Wildman–Crippen LogP) is 1.53. The normalized spacial score (nSPS) is 17.8. The van der Waals surface area contributed by atoms with Crippen molar-refractivity contribution < 1.29 is 9.15 Å². The van der Waals surface area contributed by atoms with E-state index < -0.39 is 0 Å². The second-order valence-electron chi connectivity index (χ2n) is 2.81. The Morgan fingerprint density at radius 3 is 2.92 bits per heavy atom. The van der Waals surface area contributed by atoms with Gasteiger partial charge in [0.1, 0.15) is 5.76 Å². The molecule has 1 aromatic rings. The van der Waals surface area contributed by atoms with E-state index >= 15 is 0 Å². The maximum atomic E-state index is 5.23. The zero-order valence-corrected chi connectivity index (χ0v) is 8.13. The van der Waals surface area contributed by atoms with Crippen LogP contribution in [0.4, 0.5) is 0 Å². The topological polar surface area (TPSA) is 34.4 Å². The Morgan fingerprint density at radius 1 is 1.58 bits per heavy atom. The van der Waals surface area contributed by atoms with Crippen molar-refractivity contribution in [2.75, 3.05) is 13.2 Å². The molecule has 0 unspecified atom stereocenters. The van der Waals surface area contributed by atoms with Gasteiger partial charge in [-0.25, -0.2) is 0 Å². The summed E-state index contributed by atoms with van der Waals surface area (Å²) in [4.78, 5) is 0. The summed E-state index contributed by atoms with van der Waals surface area (Å²) in [5.74, 6) is 0.946. The molecule has 0 atom stereocenters. The van der Waals surface area contributed by atoms with Gasteiger partial charge in [-0.3, -0.25) is 0 Å². The third kappa shape index (κ3) is 1.71. The van der Waals surface area contributed by atoms with Gasteiger partial charge >= 0.3 is 0 Å². The number of halogens is 1. The molecule has 0 spiro atoms. The molecule has 1 aliphatic rings. The Morgan fingerprint density at radius 2 is 2.42 bits per heavy atom. The molecule has 66 valence electrons. The minimum absolute atomic E-state index is 0.502. The lowest BCUT2D eigenvalue weighted by atomic mass is 10.2. The maximum absolute atomic E-state index is 5.23. The summed E-state index contributed by atoms with van der Waals surface area (Å²) in [5, 5.41) is 3.31. The van der Waals surface area contributed by atoms with Crippen molar-refractivity contribution in [3.63, 3.8) is 0 Å². The molecule has 12 heavy (non-hydrogen) atoms. The Kier molecular flexibility index (Phi) is 2.48. The quantitative estimate of drug-likeness (QED) is 0.858. The fourth-order valence-corrected chi connectivity index (χ4v) is 1.38. The van der Waals surface area contributed by atoms with Crippen molar-refractivity contribution in [2.45, 2.75) is 12.6 Å². The summed E-state index contributed by atoms with van der Waals surface area (Å²) in [6, 6.07) is 2.40. The minimum Gasteiger partial charge on any atom is -0.467 e. The van der Waals surface area contributed by atoms with Gasteiger partial charge in [0, 0.05) is 0 Å². The number of furan rings is 1. The van der Waals surface area contributed by atoms with Crippen molar-refractivity contribution in [3.8, 4) is 0 Å². The van der Waals surface area contributed by atoms with E-state index in [1.165, 1.54) is 0 Å². The highest BCUT2D eigenvalue weighted by Crippen LogP contribution is 2.17. The molecule has 0 aliphatic carbocycles. The van der Waals surface area contributed by atoms with Crippen molar-refractivity contribution in [3.05, 3.63) is 22.6 Å². The first-order valence-electron chi connectivity index (χ1n) is 3.89.